The number of aromatic nitrogens is 2. The van der Waals surface area contributed by atoms with Crippen molar-refractivity contribution in [2.24, 2.45) is 0 Å². The Morgan fingerprint density at radius 2 is 1.70 bits per heavy atom. The van der Waals surface area contributed by atoms with Crippen LogP contribution in [0.3, 0.4) is 0 Å². The third-order valence-electron chi connectivity index (χ3n) is 5.52. The molecule has 190 valence electrons. The van der Waals surface area contributed by atoms with Crippen molar-refractivity contribution in [2.45, 2.75) is 12.5 Å². The van der Waals surface area contributed by atoms with E-state index in [0.717, 1.165) is 16.8 Å². The number of carbonyl (C=O) groups excluding carboxylic acids is 2. The summed E-state index contributed by atoms with van der Waals surface area (Å²) in [6.07, 6.45) is 0.301. The second kappa shape index (κ2) is 12.0. The molecule has 4 rings (SSSR count). The number of methoxy groups -OCH3 is 1. The number of nitrogens with zero attached hydrogens (tertiary/aromatic N) is 3. The largest absolute Gasteiger partial charge is 0.497 e. The molecular weight excluding hydrogens is 488 g/mol. The number of nitrogens with one attached hydrogen (secondary N) is 3. The second-order valence-electron chi connectivity index (χ2n) is 8.42. The van der Waals surface area contributed by atoms with Crippen molar-refractivity contribution < 1.29 is 14.3 Å². The van der Waals surface area contributed by atoms with Gasteiger partial charge in [-0.05, 0) is 42.0 Å². The number of hydrogen-bond donors (Lipinski definition) is 3. The van der Waals surface area contributed by atoms with Crippen LogP contribution in [0.4, 0.5) is 21.3 Å². The molecule has 1 unspecified atom stereocenters. The number of anilines is 3. The van der Waals surface area contributed by atoms with Crippen LogP contribution >= 0.6 is 11.3 Å². The van der Waals surface area contributed by atoms with E-state index >= 15 is 0 Å². The molecule has 0 spiro atoms. The first-order valence-corrected chi connectivity index (χ1v) is 12.4. The van der Waals surface area contributed by atoms with Gasteiger partial charge in [-0.2, -0.15) is 0 Å². The number of urea groups is 1. The van der Waals surface area contributed by atoms with Crippen LogP contribution in [0.15, 0.2) is 78.9 Å². The second-order valence-corrected chi connectivity index (χ2v) is 9.39. The van der Waals surface area contributed by atoms with Crippen LogP contribution < -0.4 is 25.6 Å². The van der Waals surface area contributed by atoms with Crippen LogP contribution in [0.5, 0.6) is 5.75 Å². The van der Waals surface area contributed by atoms with Crippen molar-refractivity contribution in [1.29, 1.82) is 0 Å². The zero-order valence-corrected chi connectivity index (χ0v) is 21.6. The van der Waals surface area contributed by atoms with Gasteiger partial charge in [-0.25, -0.2) is 4.79 Å². The first kappa shape index (κ1) is 25.6. The number of rotatable bonds is 9. The highest BCUT2D eigenvalue weighted by Crippen LogP contribution is 2.28. The fourth-order valence-electron chi connectivity index (χ4n) is 3.57. The standard InChI is InChI=1S/C27H28N6O3S/c1-33(2)21-14-12-19(13-15-21)25-31-32-27(37-25)30-24(34)23(16-18-8-5-4-6-9-18)29-26(35)28-20-10-7-11-22(17-20)36-3/h4-15,17,23H,16H2,1-3H3,(H2,28,29,35)(H,30,32,34). The Balaban J connectivity index is 1.46. The molecule has 3 aromatic carbocycles. The van der Waals surface area contributed by atoms with Crippen LogP contribution in [-0.2, 0) is 11.2 Å². The van der Waals surface area contributed by atoms with E-state index in [2.05, 4.69) is 26.1 Å². The molecule has 3 amide bonds. The summed E-state index contributed by atoms with van der Waals surface area (Å²) < 4.78 is 5.20. The van der Waals surface area contributed by atoms with Gasteiger partial charge >= 0.3 is 6.03 Å². The van der Waals surface area contributed by atoms with Crippen molar-refractivity contribution in [3.8, 4) is 16.3 Å². The van der Waals surface area contributed by atoms with Gasteiger partial charge in [0.15, 0.2) is 0 Å². The lowest BCUT2D eigenvalue weighted by Gasteiger charge is -2.18. The fraction of sp³-hybridized carbons (Fsp3) is 0.185. The highest BCUT2D eigenvalue weighted by atomic mass is 32.1. The van der Waals surface area contributed by atoms with E-state index in [4.69, 9.17) is 4.74 Å². The minimum absolute atomic E-state index is 0.301. The van der Waals surface area contributed by atoms with Gasteiger partial charge in [0, 0.05) is 43.5 Å². The van der Waals surface area contributed by atoms with Gasteiger partial charge in [-0.3, -0.25) is 10.1 Å². The summed E-state index contributed by atoms with van der Waals surface area (Å²) in [6, 6.07) is 23.0. The van der Waals surface area contributed by atoms with Gasteiger partial charge in [0.2, 0.25) is 11.0 Å². The number of ether oxygens (including phenoxy) is 1. The molecule has 0 aliphatic carbocycles. The third kappa shape index (κ3) is 7.05. The van der Waals surface area contributed by atoms with Gasteiger partial charge < -0.3 is 20.3 Å². The Morgan fingerprint density at radius 1 is 0.946 bits per heavy atom. The van der Waals surface area contributed by atoms with Gasteiger partial charge in [0.05, 0.1) is 7.11 Å². The number of hydrogen-bond acceptors (Lipinski definition) is 7. The zero-order valence-electron chi connectivity index (χ0n) is 20.8. The van der Waals surface area contributed by atoms with E-state index in [1.165, 1.54) is 11.3 Å². The van der Waals surface area contributed by atoms with E-state index < -0.39 is 18.0 Å². The topological polar surface area (TPSA) is 108 Å². The maximum absolute atomic E-state index is 13.2. The lowest BCUT2D eigenvalue weighted by molar-refractivity contribution is -0.117. The molecule has 0 saturated heterocycles. The Bertz CT molecular complexity index is 1340. The monoisotopic (exact) mass is 516 g/mol. The summed E-state index contributed by atoms with van der Waals surface area (Å²) in [5.41, 5.74) is 3.43. The average Bonchev–Trinajstić information content (AvgIpc) is 3.37. The predicted octanol–water partition coefficient (Wildman–Crippen LogP) is 4.65. The maximum atomic E-state index is 13.2. The predicted molar refractivity (Wildman–Crippen MR) is 147 cm³/mol. The summed E-state index contributed by atoms with van der Waals surface area (Å²) in [4.78, 5) is 28.0. The molecule has 9 nitrogen and oxygen atoms in total. The van der Waals surface area contributed by atoms with Crippen molar-refractivity contribution in [1.82, 2.24) is 15.5 Å². The van der Waals surface area contributed by atoms with Crippen LogP contribution in [0.1, 0.15) is 5.56 Å². The van der Waals surface area contributed by atoms with E-state index in [1.54, 1.807) is 31.4 Å². The average molecular weight is 517 g/mol. The SMILES string of the molecule is COc1cccc(NC(=O)NC(Cc2ccccc2)C(=O)Nc2nnc(-c3ccc(N(C)C)cc3)s2)c1. The van der Waals surface area contributed by atoms with Gasteiger partial charge in [-0.15, -0.1) is 10.2 Å². The fourth-order valence-corrected chi connectivity index (χ4v) is 4.32. The molecule has 0 bridgehead atoms. The molecule has 4 aromatic rings. The first-order chi connectivity index (χ1) is 17.9. The normalized spacial score (nSPS) is 11.3. The number of amides is 3. The lowest BCUT2D eigenvalue weighted by atomic mass is 10.1. The van der Waals surface area contributed by atoms with Crippen LogP contribution in [0.25, 0.3) is 10.6 Å². The summed E-state index contributed by atoms with van der Waals surface area (Å²) in [5.74, 6) is 0.218. The van der Waals surface area contributed by atoms with Gasteiger partial charge in [-0.1, -0.05) is 47.7 Å². The third-order valence-corrected chi connectivity index (χ3v) is 6.41. The summed E-state index contributed by atoms with van der Waals surface area (Å²) in [5, 5.41) is 17.7. The molecule has 0 fully saturated rings. The van der Waals surface area contributed by atoms with Crippen molar-refractivity contribution >= 4 is 39.8 Å². The van der Waals surface area contributed by atoms with Crippen LogP contribution in [-0.4, -0.2) is 49.4 Å². The Hall–Kier alpha value is -4.44. The molecule has 1 aromatic heterocycles. The van der Waals surface area contributed by atoms with Crippen molar-refractivity contribution in [2.75, 3.05) is 36.7 Å². The molecule has 1 atom stereocenters. The Labute approximate surface area is 219 Å². The smallest absolute Gasteiger partial charge is 0.319 e. The zero-order chi connectivity index (χ0) is 26.2. The summed E-state index contributed by atoms with van der Waals surface area (Å²) in [6.45, 7) is 0. The van der Waals surface area contributed by atoms with Gasteiger partial charge in [0.1, 0.15) is 16.8 Å². The first-order valence-electron chi connectivity index (χ1n) is 11.6. The molecule has 37 heavy (non-hydrogen) atoms. The van der Waals surface area contributed by atoms with Crippen LogP contribution in [0, 0.1) is 0 Å². The summed E-state index contributed by atoms with van der Waals surface area (Å²) >= 11 is 1.27. The lowest BCUT2D eigenvalue weighted by Crippen LogP contribution is -2.46. The Morgan fingerprint density at radius 3 is 2.41 bits per heavy atom. The molecule has 3 N–H and O–H groups in total. The van der Waals surface area contributed by atoms with Crippen molar-refractivity contribution in [3.63, 3.8) is 0 Å². The minimum atomic E-state index is -0.847. The minimum Gasteiger partial charge on any atom is -0.497 e. The number of carbonyl (C=O) groups is 2. The maximum Gasteiger partial charge on any atom is 0.319 e. The highest BCUT2D eigenvalue weighted by molar-refractivity contribution is 7.18. The quantitative estimate of drug-likeness (QED) is 0.299. The van der Waals surface area contributed by atoms with Gasteiger partial charge in [0.25, 0.3) is 0 Å². The molecule has 1 heterocycles. The van der Waals surface area contributed by atoms with Crippen LogP contribution in [0.2, 0.25) is 0 Å². The molecule has 0 aliphatic rings. The molecular formula is C27H28N6O3S. The highest BCUT2D eigenvalue weighted by Gasteiger charge is 2.23. The molecule has 0 radical (unpaired) electrons. The summed E-state index contributed by atoms with van der Waals surface area (Å²) in [7, 11) is 5.51. The molecule has 0 saturated carbocycles. The van der Waals surface area contributed by atoms with Crippen molar-refractivity contribution in [3.05, 3.63) is 84.4 Å². The van der Waals surface area contributed by atoms with E-state index in [-0.39, 0.29) is 0 Å². The molecule has 10 heteroatoms. The Kier molecular flexibility index (Phi) is 8.32. The number of benzene rings is 3. The molecule has 0 aliphatic heterocycles. The van der Waals surface area contributed by atoms with E-state index in [9.17, 15) is 9.59 Å². The van der Waals surface area contributed by atoms with E-state index in [0.29, 0.717) is 28.0 Å². The van der Waals surface area contributed by atoms with E-state index in [1.807, 2.05) is 73.6 Å².